The van der Waals surface area contributed by atoms with Crippen LogP contribution in [-0.2, 0) is 0 Å². The average molecular weight is 487 g/mol. The second-order valence-corrected chi connectivity index (χ2v) is 7.93. The van der Waals surface area contributed by atoms with Gasteiger partial charge in [0.1, 0.15) is 11.4 Å². The predicted octanol–water partition coefficient (Wildman–Crippen LogP) is 6.70. The maximum Gasteiger partial charge on any atom is 0.293 e. The quantitative estimate of drug-likeness (QED) is 0.182. The van der Waals surface area contributed by atoms with Crippen LogP contribution in [0.4, 0.5) is 17.1 Å². The summed E-state index contributed by atoms with van der Waals surface area (Å²) in [4.78, 5) is 11.4. The van der Waals surface area contributed by atoms with Gasteiger partial charge in [-0.15, -0.1) is 11.3 Å². The molecule has 0 spiro atoms. The van der Waals surface area contributed by atoms with Crippen molar-refractivity contribution in [2.75, 3.05) is 5.32 Å². The number of rotatable bonds is 5. The normalized spacial score (nSPS) is 11.4. The Morgan fingerprint density at radius 1 is 1.19 bits per heavy atom. The Bertz CT molecular complexity index is 1060. The number of nitro benzene ring substituents is 1. The van der Waals surface area contributed by atoms with E-state index in [1.54, 1.807) is 41.8 Å². The third-order valence-electron chi connectivity index (χ3n) is 3.59. The molecule has 0 aliphatic carbocycles. The fourth-order valence-corrected chi connectivity index (χ4v) is 4.15. The molecule has 0 unspecified atom stereocenters. The molecule has 1 heterocycles. The smallest absolute Gasteiger partial charge is 0.293 e. The summed E-state index contributed by atoms with van der Waals surface area (Å²) in [5.41, 5.74) is 1.53. The molecule has 0 radical (unpaired) electrons. The van der Waals surface area contributed by atoms with Crippen LogP contribution >= 0.6 is 50.5 Å². The second kappa shape index (κ2) is 8.26. The highest BCUT2D eigenvalue weighted by Gasteiger charge is 2.18. The van der Waals surface area contributed by atoms with Crippen molar-refractivity contribution in [3.8, 4) is 0 Å². The molecule has 0 aliphatic heterocycles. The zero-order valence-electron chi connectivity index (χ0n) is 13.3. The fourth-order valence-electron chi connectivity index (χ4n) is 2.39. The first kappa shape index (κ1) is 19.6. The maximum atomic E-state index is 11.2. The molecule has 0 saturated heterocycles. The van der Waals surface area contributed by atoms with Gasteiger partial charge in [0.05, 0.1) is 19.8 Å². The lowest BCUT2D eigenvalue weighted by molar-refractivity contribution is -0.384. The van der Waals surface area contributed by atoms with Gasteiger partial charge in [-0.1, -0.05) is 44.3 Å². The molecular weight excluding hydrogens is 477 g/mol. The summed E-state index contributed by atoms with van der Waals surface area (Å²) in [6, 6.07) is 11.3. The van der Waals surface area contributed by atoms with Gasteiger partial charge >= 0.3 is 0 Å². The number of halogens is 3. The standard InChI is InChI=1S/C17H10BrCl2N3O3S/c18-9-1-4-14(15(7-9)23(25)26)21-10-2-3-11(13(20)8-10)16(22-24)17-12(19)5-6-27-17/h1-8,21,24H/b22-16-. The first-order valence-electron chi connectivity index (χ1n) is 7.37. The van der Waals surface area contributed by atoms with Crippen LogP contribution in [0.1, 0.15) is 10.4 Å². The fraction of sp³-hybridized carbons (Fsp3) is 0. The van der Waals surface area contributed by atoms with Gasteiger partial charge < -0.3 is 10.5 Å². The lowest BCUT2D eigenvalue weighted by atomic mass is 10.1. The molecule has 0 bridgehead atoms. The van der Waals surface area contributed by atoms with Crippen molar-refractivity contribution in [1.29, 1.82) is 0 Å². The van der Waals surface area contributed by atoms with Gasteiger partial charge in [-0.3, -0.25) is 10.1 Å². The van der Waals surface area contributed by atoms with Crippen LogP contribution in [0.15, 0.2) is 57.5 Å². The Balaban J connectivity index is 1.94. The van der Waals surface area contributed by atoms with Gasteiger partial charge in [-0.05, 0) is 41.8 Å². The van der Waals surface area contributed by atoms with E-state index in [4.69, 9.17) is 23.2 Å². The molecule has 10 heteroatoms. The number of nitro groups is 1. The van der Waals surface area contributed by atoms with Crippen molar-refractivity contribution >= 4 is 73.2 Å². The summed E-state index contributed by atoms with van der Waals surface area (Å²) in [6.45, 7) is 0. The number of nitrogens with one attached hydrogen (secondary N) is 1. The van der Waals surface area contributed by atoms with E-state index in [1.165, 1.54) is 17.4 Å². The average Bonchev–Trinajstić information content (AvgIpc) is 3.04. The van der Waals surface area contributed by atoms with Crippen LogP contribution in [0.2, 0.25) is 10.0 Å². The number of thiophene rings is 1. The van der Waals surface area contributed by atoms with E-state index in [0.29, 0.717) is 36.3 Å². The van der Waals surface area contributed by atoms with E-state index in [9.17, 15) is 15.3 Å². The van der Waals surface area contributed by atoms with Crippen molar-refractivity contribution < 1.29 is 10.1 Å². The summed E-state index contributed by atoms with van der Waals surface area (Å²) in [5.74, 6) is 0. The predicted molar refractivity (Wildman–Crippen MR) is 112 cm³/mol. The highest BCUT2D eigenvalue weighted by atomic mass is 79.9. The van der Waals surface area contributed by atoms with Gasteiger partial charge in [0.25, 0.3) is 5.69 Å². The highest BCUT2D eigenvalue weighted by molar-refractivity contribution is 9.10. The van der Waals surface area contributed by atoms with E-state index in [0.717, 1.165) is 0 Å². The lowest BCUT2D eigenvalue weighted by Gasteiger charge is -2.11. The molecule has 2 aromatic carbocycles. The van der Waals surface area contributed by atoms with Crippen molar-refractivity contribution in [2.45, 2.75) is 0 Å². The Morgan fingerprint density at radius 3 is 2.56 bits per heavy atom. The van der Waals surface area contributed by atoms with Crippen molar-refractivity contribution in [3.05, 3.63) is 82.9 Å². The number of hydrogen-bond acceptors (Lipinski definition) is 6. The zero-order valence-corrected chi connectivity index (χ0v) is 17.2. The van der Waals surface area contributed by atoms with Gasteiger partial charge in [-0.2, -0.15) is 0 Å². The summed E-state index contributed by atoms with van der Waals surface area (Å²) in [7, 11) is 0. The summed E-state index contributed by atoms with van der Waals surface area (Å²) in [5, 5.41) is 29.5. The van der Waals surface area contributed by atoms with Crippen LogP contribution in [0.3, 0.4) is 0 Å². The molecular formula is C17H10BrCl2N3O3S. The number of nitrogens with zero attached hydrogens (tertiary/aromatic N) is 2. The van der Waals surface area contributed by atoms with Crippen LogP contribution in [0.25, 0.3) is 0 Å². The SMILES string of the molecule is O=[N+]([O-])c1cc(Br)ccc1Nc1ccc(/C(=N/O)c2sccc2Cl)c(Cl)c1. The van der Waals surface area contributed by atoms with E-state index < -0.39 is 4.92 Å². The number of hydrogen-bond donors (Lipinski definition) is 2. The first-order chi connectivity index (χ1) is 12.9. The molecule has 0 aliphatic rings. The number of oxime groups is 1. The van der Waals surface area contributed by atoms with Crippen LogP contribution in [0.5, 0.6) is 0 Å². The summed E-state index contributed by atoms with van der Waals surface area (Å²) in [6.07, 6.45) is 0. The van der Waals surface area contributed by atoms with E-state index in [-0.39, 0.29) is 11.4 Å². The Labute approximate surface area is 176 Å². The highest BCUT2D eigenvalue weighted by Crippen LogP contribution is 2.33. The minimum absolute atomic E-state index is 0.0763. The molecule has 0 fully saturated rings. The molecule has 3 aromatic rings. The van der Waals surface area contributed by atoms with Gasteiger partial charge in [0.15, 0.2) is 0 Å². The second-order valence-electron chi connectivity index (χ2n) is 5.28. The molecule has 3 rings (SSSR count). The van der Waals surface area contributed by atoms with Crippen molar-refractivity contribution in [2.24, 2.45) is 5.16 Å². The van der Waals surface area contributed by atoms with Gasteiger partial charge in [0, 0.05) is 21.8 Å². The van der Waals surface area contributed by atoms with Gasteiger partial charge in [0.2, 0.25) is 0 Å². The van der Waals surface area contributed by atoms with Crippen molar-refractivity contribution in [1.82, 2.24) is 0 Å². The Kier molecular flexibility index (Phi) is 6.01. The molecule has 0 saturated carbocycles. The lowest BCUT2D eigenvalue weighted by Crippen LogP contribution is -2.03. The third-order valence-corrected chi connectivity index (χ3v) is 5.75. The topological polar surface area (TPSA) is 87.8 Å². The Morgan fingerprint density at radius 2 is 1.96 bits per heavy atom. The molecule has 138 valence electrons. The van der Waals surface area contributed by atoms with E-state index in [1.807, 2.05) is 0 Å². The molecule has 27 heavy (non-hydrogen) atoms. The van der Waals surface area contributed by atoms with Crippen LogP contribution in [-0.4, -0.2) is 15.8 Å². The minimum atomic E-state index is -0.474. The summed E-state index contributed by atoms with van der Waals surface area (Å²) >= 11 is 17.0. The van der Waals surface area contributed by atoms with Crippen LogP contribution in [0, 0.1) is 10.1 Å². The van der Waals surface area contributed by atoms with E-state index >= 15 is 0 Å². The molecule has 2 N–H and O–H groups in total. The van der Waals surface area contributed by atoms with Crippen molar-refractivity contribution in [3.63, 3.8) is 0 Å². The van der Waals surface area contributed by atoms with E-state index in [2.05, 4.69) is 26.4 Å². The molecule has 6 nitrogen and oxygen atoms in total. The van der Waals surface area contributed by atoms with Crippen LogP contribution < -0.4 is 5.32 Å². The number of anilines is 2. The third kappa shape index (κ3) is 4.24. The minimum Gasteiger partial charge on any atom is -0.410 e. The molecule has 1 aromatic heterocycles. The summed E-state index contributed by atoms with van der Waals surface area (Å²) < 4.78 is 0.602. The molecule has 0 amide bonds. The van der Waals surface area contributed by atoms with Gasteiger partial charge in [-0.25, -0.2) is 0 Å². The largest absolute Gasteiger partial charge is 0.410 e. The maximum absolute atomic E-state index is 11.2. The monoisotopic (exact) mass is 485 g/mol. The number of benzene rings is 2. The first-order valence-corrected chi connectivity index (χ1v) is 9.80. The molecule has 0 atom stereocenters. The Hall–Kier alpha value is -2.13. The zero-order chi connectivity index (χ0) is 19.6.